The summed E-state index contributed by atoms with van der Waals surface area (Å²) in [5, 5.41) is 3.06. The van der Waals surface area contributed by atoms with Gasteiger partial charge in [-0.25, -0.2) is 0 Å². The maximum absolute atomic E-state index is 5.37. The minimum Gasteiger partial charge on any atom is -0.496 e. The van der Waals surface area contributed by atoms with E-state index in [1.54, 1.807) is 7.11 Å². The third-order valence-electron chi connectivity index (χ3n) is 2.73. The van der Waals surface area contributed by atoms with Gasteiger partial charge in [0.05, 0.1) is 19.8 Å². The topological polar surface area (TPSA) is 69.2 Å². The van der Waals surface area contributed by atoms with E-state index < -0.39 is 0 Å². The lowest BCUT2D eigenvalue weighted by Gasteiger charge is -2.10. The largest absolute Gasteiger partial charge is 0.496 e. The zero-order valence-corrected chi connectivity index (χ0v) is 12.1. The van der Waals surface area contributed by atoms with Crippen LogP contribution in [0.2, 0.25) is 0 Å². The van der Waals surface area contributed by atoms with Gasteiger partial charge in [-0.2, -0.15) is 15.0 Å². The second-order valence-corrected chi connectivity index (χ2v) is 4.20. The van der Waals surface area contributed by atoms with Crippen molar-refractivity contribution < 1.29 is 9.47 Å². The number of aromatic nitrogens is 3. The van der Waals surface area contributed by atoms with Gasteiger partial charge in [0.25, 0.3) is 0 Å². The van der Waals surface area contributed by atoms with Gasteiger partial charge < -0.3 is 14.8 Å². The van der Waals surface area contributed by atoms with Crippen LogP contribution < -0.4 is 14.8 Å². The molecule has 0 aliphatic heterocycles. The lowest BCUT2D eigenvalue weighted by molar-refractivity contribution is 0.379. The van der Waals surface area contributed by atoms with Crippen molar-refractivity contribution in [1.29, 1.82) is 0 Å². The second-order valence-electron chi connectivity index (χ2n) is 4.20. The normalized spacial score (nSPS) is 10.2. The molecule has 0 fully saturated rings. The second kappa shape index (κ2) is 6.18. The molecule has 1 aromatic heterocycles. The summed E-state index contributed by atoms with van der Waals surface area (Å²) in [6.45, 7) is 4.70. The molecule has 1 N–H and O–H groups in total. The van der Waals surface area contributed by atoms with E-state index in [0.29, 0.717) is 17.5 Å². The highest BCUT2D eigenvalue weighted by Crippen LogP contribution is 2.29. The van der Waals surface area contributed by atoms with E-state index >= 15 is 0 Å². The van der Waals surface area contributed by atoms with Crippen LogP contribution in [0.5, 0.6) is 11.8 Å². The average Bonchev–Trinajstić information content (AvgIpc) is 2.47. The summed E-state index contributed by atoms with van der Waals surface area (Å²) in [5.74, 6) is 1.72. The molecule has 0 aliphatic rings. The molecular weight excluding hydrogens is 256 g/mol. The van der Waals surface area contributed by atoms with E-state index in [1.165, 1.54) is 7.11 Å². The number of methoxy groups -OCH3 is 2. The molecular formula is C14H18N4O2. The quantitative estimate of drug-likeness (QED) is 0.902. The standard InChI is InChI=1S/C14H18N4O2/c1-5-15-13-16-12(17-14(18-13)20-4)10-8-9(2)6-7-11(10)19-3/h6-8H,5H2,1-4H3,(H,15,16,17,18). The third-order valence-corrected chi connectivity index (χ3v) is 2.73. The van der Waals surface area contributed by atoms with Gasteiger partial charge in [0.1, 0.15) is 5.75 Å². The minimum absolute atomic E-state index is 0.273. The fraction of sp³-hybridized carbons (Fsp3) is 0.357. The van der Waals surface area contributed by atoms with Crippen LogP contribution in [0.25, 0.3) is 11.4 Å². The molecule has 20 heavy (non-hydrogen) atoms. The Bertz CT molecular complexity index is 602. The molecule has 106 valence electrons. The number of benzene rings is 1. The van der Waals surface area contributed by atoms with Crippen molar-refractivity contribution in [2.24, 2.45) is 0 Å². The maximum atomic E-state index is 5.37. The first-order valence-electron chi connectivity index (χ1n) is 6.37. The lowest BCUT2D eigenvalue weighted by Crippen LogP contribution is -2.06. The fourth-order valence-corrected chi connectivity index (χ4v) is 1.80. The number of nitrogens with one attached hydrogen (secondary N) is 1. The van der Waals surface area contributed by atoms with Crippen LogP contribution in [0.4, 0.5) is 5.95 Å². The summed E-state index contributed by atoms with van der Waals surface area (Å²) in [4.78, 5) is 12.8. The first kappa shape index (κ1) is 14.0. The molecule has 6 heteroatoms. The van der Waals surface area contributed by atoms with E-state index in [2.05, 4.69) is 20.3 Å². The molecule has 0 spiro atoms. The molecule has 1 aromatic carbocycles. The Kier molecular flexibility index (Phi) is 4.34. The highest BCUT2D eigenvalue weighted by atomic mass is 16.5. The Morgan fingerprint density at radius 2 is 1.90 bits per heavy atom. The van der Waals surface area contributed by atoms with Crippen LogP contribution in [0, 0.1) is 6.92 Å². The monoisotopic (exact) mass is 274 g/mol. The Morgan fingerprint density at radius 1 is 1.10 bits per heavy atom. The first-order valence-corrected chi connectivity index (χ1v) is 6.37. The molecule has 2 aromatic rings. The van der Waals surface area contributed by atoms with Crippen molar-refractivity contribution in [2.75, 3.05) is 26.1 Å². The summed E-state index contributed by atoms with van der Waals surface area (Å²) >= 11 is 0. The number of anilines is 1. The van der Waals surface area contributed by atoms with Crippen LogP contribution in [-0.2, 0) is 0 Å². The minimum atomic E-state index is 0.273. The molecule has 0 saturated carbocycles. The predicted octanol–water partition coefficient (Wildman–Crippen LogP) is 2.30. The lowest BCUT2D eigenvalue weighted by atomic mass is 10.1. The number of hydrogen-bond donors (Lipinski definition) is 1. The highest BCUT2D eigenvalue weighted by molar-refractivity contribution is 5.66. The van der Waals surface area contributed by atoms with Crippen LogP contribution in [0.15, 0.2) is 18.2 Å². The van der Waals surface area contributed by atoms with E-state index in [4.69, 9.17) is 9.47 Å². The van der Waals surface area contributed by atoms with Crippen molar-refractivity contribution in [3.8, 4) is 23.1 Å². The number of hydrogen-bond acceptors (Lipinski definition) is 6. The SMILES string of the molecule is CCNc1nc(OC)nc(-c2cc(C)ccc2OC)n1. The Hall–Kier alpha value is -2.37. The molecule has 0 amide bonds. The van der Waals surface area contributed by atoms with Crippen LogP contribution in [0.1, 0.15) is 12.5 Å². The van der Waals surface area contributed by atoms with E-state index in [0.717, 1.165) is 17.7 Å². The Balaban J connectivity index is 2.56. The van der Waals surface area contributed by atoms with Crippen molar-refractivity contribution >= 4 is 5.95 Å². The van der Waals surface area contributed by atoms with E-state index in [1.807, 2.05) is 32.0 Å². The van der Waals surface area contributed by atoms with Crippen molar-refractivity contribution in [3.63, 3.8) is 0 Å². The Labute approximate surface area is 118 Å². The summed E-state index contributed by atoms with van der Waals surface area (Å²) in [5.41, 5.74) is 1.91. The van der Waals surface area contributed by atoms with Crippen LogP contribution in [-0.4, -0.2) is 35.7 Å². The maximum Gasteiger partial charge on any atom is 0.321 e. The molecule has 0 radical (unpaired) electrons. The molecule has 0 bridgehead atoms. The summed E-state index contributed by atoms with van der Waals surface area (Å²) in [6, 6.07) is 6.12. The fourth-order valence-electron chi connectivity index (χ4n) is 1.80. The van der Waals surface area contributed by atoms with Crippen molar-refractivity contribution in [1.82, 2.24) is 15.0 Å². The number of aryl methyl sites for hydroxylation is 1. The first-order chi connectivity index (χ1) is 9.67. The third kappa shape index (κ3) is 2.96. The van der Waals surface area contributed by atoms with Gasteiger partial charge in [0, 0.05) is 6.54 Å². The van der Waals surface area contributed by atoms with Gasteiger partial charge in [0.15, 0.2) is 5.82 Å². The van der Waals surface area contributed by atoms with Crippen LogP contribution >= 0.6 is 0 Å². The van der Waals surface area contributed by atoms with Crippen molar-refractivity contribution in [2.45, 2.75) is 13.8 Å². The number of ether oxygens (including phenoxy) is 2. The molecule has 6 nitrogen and oxygen atoms in total. The average molecular weight is 274 g/mol. The smallest absolute Gasteiger partial charge is 0.321 e. The van der Waals surface area contributed by atoms with Gasteiger partial charge in [-0.15, -0.1) is 0 Å². The van der Waals surface area contributed by atoms with Gasteiger partial charge in [-0.3, -0.25) is 0 Å². The number of nitrogens with zero attached hydrogens (tertiary/aromatic N) is 3. The molecule has 0 unspecified atom stereocenters. The highest BCUT2D eigenvalue weighted by Gasteiger charge is 2.13. The number of rotatable bonds is 5. The molecule has 0 aliphatic carbocycles. The van der Waals surface area contributed by atoms with E-state index in [9.17, 15) is 0 Å². The zero-order valence-electron chi connectivity index (χ0n) is 12.1. The zero-order chi connectivity index (χ0) is 14.5. The molecule has 0 atom stereocenters. The van der Waals surface area contributed by atoms with Crippen LogP contribution in [0.3, 0.4) is 0 Å². The molecule has 1 heterocycles. The van der Waals surface area contributed by atoms with E-state index in [-0.39, 0.29) is 6.01 Å². The summed E-state index contributed by atoms with van der Waals surface area (Å²) < 4.78 is 10.5. The van der Waals surface area contributed by atoms with Gasteiger partial charge in [0.2, 0.25) is 5.95 Å². The van der Waals surface area contributed by atoms with Crippen molar-refractivity contribution in [3.05, 3.63) is 23.8 Å². The molecule has 0 saturated heterocycles. The Morgan fingerprint density at radius 3 is 2.55 bits per heavy atom. The van der Waals surface area contributed by atoms with Gasteiger partial charge in [-0.1, -0.05) is 11.6 Å². The van der Waals surface area contributed by atoms with Gasteiger partial charge >= 0.3 is 6.01 Å². The molecule has 2 rings (SSSR count). The summed E-state index contributed by atoms with van der Waals surface area (Å²) in [6.07, 6.45) is 0. The predicted molar refractivity (Wildman–Crippen MR) is 77.3 cm³/mol. The summed E-state index contributed by atoms with van der Waals surface area (Å²) in [7, 11) is 3.15. The van der Waals surface area contributed by atoms with Gasteiger partial charge in [-0.05, 0) is 26.0 Å².